The van der Waals surface area contributed by atoms with E-state index in [1.54, 1.807) is 18.6 Å². The summed E-state index contributed by atoms with van der Waals surface area (Å²) in [5, 5.41) is 5.52. The zero-order chi connectivity index (χ0) is 18.5. The molecule has 6 heteroatoms. The van der Waals surface area contributed by atoms with Gasteiger partial charge in [0.05, 0.1) is 5.41 Å². The van der Waals surface area contributed by atoms with Gasteiger partial charge in [-0.15, -0.1) is 11.3 Å². The van der Waals surface area contributed by atoms with Gasteiger partial charge in [-0.05, 0) is 48.1 Å². The van der Waals surface area contributed by atoms with Gasteiger partial charge in [0.1, 0.15) is 0 Å². The predicted octanol–water partition coefficient (Wildman–Crippen LogP) is 4.18. The summed E-state index contributed by atoms with van der Waals surface area (Å²) in [7, 11) is 0. The van der Waals surface area contributed by atoms with Gasteiger partial charge in [-0.1, -0.05) is 24.3 Å². The van der Waals surface area contributed by atoms with Crippen molar-refractivity contribution in [1.29, 1.82) is 0 Å². The number of ether oxygens (including phenoxy) is 1. The van der Waals surface area contributed by atoms with Crippen LogP contribution in [0.2, 0.25) is 0 Å². The Kier molecular flexibility index (Phi) is 5.27. The fourth-order valence-corrected chi connectivity index (χ4v) is 4.08. The van der Waals surface area contributed by atoms with Crippen LogP contribution in [-0.4, -0.2) is 29.1 Å². The Morgan fingerprint density at radius 1 is 1.11 bits per heavy atom. The molecule has 3 aromatic rings. The van der Waals surface area contributed by atoms with E-state index in [4.69, 9.17) is 4.74 Å². The van der Waals surface area contributed by atoms with Crippen molar-refractivity contribution in [3.8, 4) is 11.1 Å². The molecular weight excluding hydrogens is 358 g/mol. The quantitative estimate of drug-likeness (QED) is 0.722. The van der Waals surface area contributed by atoms with Crippen molar-refractivity contribution >= 4 is 22.4 Å². The van der Waals surface area contributed by atoms with Crippen molar-refractivity contribution in [2.75, 3.05) is 18.5 Å². The number of nitrogens with one attached hydrogen (secondary N) is 1. The molecule has 27 heavy (non-hydrogen) atoms. The smallest absolute Gasteiger partial charge is 0.232 e. The number of benzene rings is 1. The molecule has 0 radical (unpaired) electrons. The first kappa shape index (κ1) is 17.8. The van der Waals surface area contributed by atoms with Gasteiger partial charge < -0.3 is 10.1 Å². The first-order chi connectivity index (χ1) is 13.3. The highest BCUT2D eigenvalue weighted by atomic mass is 32.1. The number of rotatable bonds is 5. The average molecular weight is 379 g/mol. The number of pyridine rings is 1. The normalized spacial score (nSPS) is 16.0. The van der Waals surface area contributed by atoms with E-state index in [9.17, 15) is 4.79 Å². The highest BCUT2D eigenvalue weighted by molar-refractivity contribution is 7.13. The second kappa shape index (κ2) is 7.98. The van der Waals surface area contributed by atoms with Gasteiger partial charge >= 0.3 is 0 Å². The SMILES string of the molecule is O=C(Nc1nccs1)C1(Cc2cccc(-c3ccncc3)c2)CCOCC1. The van der Waals surface area contributed by atoms with Crippen LogP contribution in [0.4, 0.5) is 5.13 Å². The lowest BCUT2D eigenvalue weighted by Crippen LogP contribution is -2.42. The number of anilines is 1. The summed E-state index contributed by atoms with van der Waals surface area (Å²) in [5.41, 5.74) is 2.94. The van der Waals surface area contributed by atoms with E-state index in [0.717, 1.165) is 16.7 Å². The van der Waals surface area contributed by atoms with Gasteiger partial charge in [0.2, 0.25) is 5.91 Å². The molecule has 0 bridgehead atoms. The molecule has 1 aliphatic heterocycles. The summed E-state index contributed by atoms with van der Waals surface area (Å²) in [6.07, 6.45) is 7.40. The topological polar surface area (TPSA) is 64.1 Å². The molecule has 3 heterocycles. The molecule has 1 aliphatic rings. The summed E-state index contributed by atoms with van der Waals surface area (Å²) in [4.78, 5) is 21.4. The highest BCUT2D eigenvalue weighted by Gasteiger charge is 2.40. The number of nitrogens with zero attached hydrogens (tertiary/aromatic N) is 2. The second-order valence-corrected chi connectivity index (χ2v) is 7.69. The Hall–Kier alpha value is -2.57. The third-order valence-electron chi connectivity index (χ3n) is 5.07. The lowest BCUT2D eigenvalue weighted by molar-refractivity contribution is -0.131. The first-order valence-corrected chi connectivity index (χ1v) is 9.91. The van der Waals surface area contributed by atoms with Gasteiger partial charge in [-0.2, -0.15) is 0 Å². The molecule has 1 amide bonds. The largest absolute Gasteiger partial charge is 0.381 e. The summed E-state index contributed by atoms with van der Waals surface area (Å²) >= 11 is 1.44. The lowest BCUT2D eigenvalue weighted by Gasteiger charge is -2.35. The van der Waals surface area contributed by atoms with E-state index in [0.29, 0.717) is 37.6 Å². The van der Waals surface area contributed by atoms with Crippen molar-refractivity contribution in [2.45, 2.75) is 19.3 Å². The summed E-state index contributed by atoms with van der Waals surface area (Å²) in [6.45, 7) is 1.21. The van der Waals surface area contributed by atoms with Crippen molar-refractivity contribution < 1.29 is 9.53 Å². The highest BCUT2D eigenvalue weighted by Crippen LogP contribution is 2.36. The maximum atomic E-state index is 13.1. The molecule has 0 unspecified atom stereocenters. The van der Waals surface area contributed by atoms with Gasteiger partial charge in [0.15, 0.2) is 5.13 Å². The third-order valence-corrected chi connectivity index (χ3v) is 5.76. The Bertz CT molecular complexity index is 891. The number of hydrogen-bond acceptors (Lipinski definition) is 5. The van der Waals surface area contributed by atoms with E-state index in [2.05, 4.69) is 39.6 Å². The van der Waals surface area contributed by atoms with Crippen molar-refractivity contribution in [1.82, 2.24) is 9.97 Å². The number of amides is 1. The number of hydrogen-bond donors (Lipinski definition) is 1. The fourth-order valence-electron chi connectivity index (χ4n) is 3.56. The van der Waals surface area contributed by atoms with Crippen LogP contribution in [0.1, 0.15) is 18.4 Å². The van der Waals surface area contributed by atoms with Gasteiger partial charge in [0, 0.05) is 37.2 Å². The standard InChI is InChI=1S/C21H21N3O2S/c25-19(24-20-23-10-13-27-20)21(6-11-26-12-7-21)15-16-2-1-3-18(14-16)17-4-8-22-9-5-17/h1-5,8-10,13-14H,6-7,11-12,15H2,(H,23,24,25). The molecule has 1 fully saturated rings. The molecule has 0 spiro atoms. The fraction of sp³-hybridized carbons (Fsp3) is 0.286. The molecule has 2 aromatic heterocycles. The minimum absolute atomic E-state index is 0.0371. The maximum absolute atomic E-state index is 13.1. The number of aromatic nitrogens is 2. The summed E-state index contributed by atoms with van der Waals surface area (Å²) < 4.78 is 5.54. The van der Waals surface area contributed by atoms with Crippen LogP contribution < -0.4 is 5.32 Å². The van der Waals surface area contributed by atoms with Crippen molar-refractivity contribution in [2.24, 2.45) is 5.41 Å². The van der Waals surface area contributed by atoms with Crippen molar-refractivity contribution in [3.63, 3.8) is 0 Å². The van der Waals surface area contributed by atoms with Gasteiger partial charge in [-0.3, -0.25) is 9.78 Å². The average Bonchev–Trinajstić information content (AvgIpc) is 3.23. The minimum atomic E-state index is -0.471. The third kappa shape index (κ3) is 4.07. The Balaban J connectivity index is 1.59. The Morgan fingerprint density at radius 3 is 2.67 bits per heavy atom. The molecule has 4 rings (SSSR count). The first-order valence-electron chi connectivity index (χ1n) is 9.03. The molecule has 138 valence electrons. The molecule has 0 atom stereocenters. The molecule has 1 N–H and O–H groups in total. The van der Waals surface area contributed by atoms with Crippen LogP contribution in [0.25, 0.3) is 11.1 Å². The minimum Gasteiger partial charge on any atom is -0.381 e. The van der Waals surface area contributed by atoms with Crippen LogP contribution in [0, 0.1) is 5.41 Å². The lowest BCUT2D eigenvalue weighted by atomic mass is 9.74. The molecular formula is C21H21N3O2S. The molecule has 0 saturated carbocycles. The zero-order valence-electron chi connectivity index (χ0n) is 14.9. The Morgan fingerprint density at radius 2 is 1.93 bits per heavy atom. The molecule has 0 aliphatic carbocycles. The van der Waals surface area contributed by atoms with E-state index in [1.165, 1.54) is 11.3 Å². The van der Waals surface area contributed by atoms with Crippen LogP contribution in [0.5, 0.6) is 0 Å². The second-order valence-electron chi connectivity index (χ2n) is 6.80. The molecule has 1 aromatic carbocycles. The van der Waals surface area contributed by atoms with E-state index >= 15 is 0 Å². The van der Waals surface area contributed by atoms with Crippen LogP contribution in [-0.2, 0) is 16.0 Å². The summed E-state index contributed by atoms with van der Waals surface area (Å²) in [5.74, 6) is 0.0371. The zero-order valence-corrected chi connectivity index (χ0v) is 15.7. The number of carbonyl (C=O) groups excluding carboxylic acids is 1. The van der Waals surface area contributed by atoms with Gasteiger partial charge in [-0.25, -0.2) is 4.98 Å². The molecule has 5 nitrogen and oxygen atoms in total. The van der Waals surface area contributed by atoms with Crippen molar-refractivity contribution in [3.05, 3.63) is 65.9 Å². The number of carbonyl (C=O) groups is 1. The van der Waals surface area contributed by atoms with Crippen LogP contribution in [0.3, 0.4) is 0 Å². The number of thiazole rings is 1. The van der Waals surface area contributed by atoms with Crippen LogP contribution >= 0.6 is 11.3 Å². The summed E-state index contributed by atoms with van der Waals surface area (Å²) in [6, 6.07) is 12.4. The molecule has 1 saturated heterocycles. The predicted molar refractivity (Wildman–Crippen MR) is 107 cm³/mol. The van der Waals surface area contributed by atoms with E-state index in [1.807, 2.05) is 17.5 Å². The van der Waals surface area contributed by atoms with E-state index < -0.39 is 5.41 Å². The Labute approximate surface area is 162 Å². The monoisotopic (exact) mass is 379 g/mol. The van der Waals surface area contributed by atoms with E-state index in [-0.39, 0.29) is 5.91 Å². The van der Waals surface area contributed by atoms with Gasteiger partial charge in [0.25, 0.3) is 0 Å². The van der Waals surface area contributed by atoms with Crippen LogP contribution in [0.15, 0.2) is 60.4 Å². The maximum Gasteiger partial charge on any atom is 0.232 e.